The number of hydrogen-bond donors (Lipinski definition) is 4. The van der Waals surface area contributed by atoms with E-state index in [0.29, 0.717) is 12.1 Å². The van der Waals surface area contributed by atoms with E-state index in [2.05, 4.69) is 35.0 Å². The van der Waals surface area contributed by atoms with Gasteiger partial charge in [-0.3, -0.25) is 0 Å². The highest BCUT2D eigenvalue weighted by atomic mass is 16.5. The Labute approximate surface area is 164 Å². The number of aromatic amines is 1. The van der Waals surface area contributed by atoms with E-state index >= 15 is 0 Å². The number of phenols is 1. The van der Waals surface area contributed by atoms with Gasteiger partial charge >= 0.3 is 5.97 Å². The number of H-pyrrole nitrogens is 1. The number of hydrogen-bond acceptors (Lipinski definition) is 5. The molecule has 3 rings (SSSR count). The first-order valence-corrected chi connectivity index (χ1v) is 9.20. The summed E-state index contributed by atoms with van der Waals surface area (Å²) in [6, 6.07) is 12.6. The van der Waals surface area contributed by atoms with Gasteiger partial charge in [0.1, 0.15) is 11.3 Å². The molecule has 0 aliphatic heterocycles. The van der Waals surface area contributed by atoms with Gasteiger partial charge in [-0.1, -0.05) is 24.3 Å². The van der Waals surface area contributed by atoms with Gasteiger partial charge in [-0.15, -0.1) is 0 Å². The number of methoxy groups -OCH3 is 1. The Morgan fingerprint density at radius 2 is 2.00 bits per heavy atom. The standard InChI is InChI=1S/C22H26N2O4/c1-22(2,11-15-12-23-18-7-5-4-6-16(15)18)24-13-20(26)14-8-9-19(25)17(10-14)21(27)28-3/h4-10,12,20,23-26H,11,13H2,1-3H3. The van der Waals surface area contributed by atoms with Crippen LogP contribution in [-0.2, 0) is 11.2 Å². The van der Waals surface area contributed by atoms with Gasteiger partial charge in [0.15, 0.2) is 0 Å². The summed E-state index contributed by atoms with van der Waals surface area (Å²) in [5, 5.41) is 24.9. The second kappa shape index (κ2) is 8.04. The maximum absolute atomic E-state index is 11.7. The molecule has 1 atom stereocenters. The molecule has 6 nitrogen and oxygen atoms in total. The number of carbonyl (C=O) groups is 1. The summed E-state index contributed by atoms with van der Waals surface area (Å²) >= 11 is 0. The fourth-order valence-electron chi connectivity index (χ4n) is 3.34. The number of fused-ring (bicyclic) bond motifs is 1. The van der Waals surface area contributed by atoms with Crippen LogP contribution in [0.4, 0.5) is 0 Å². The lowest BCUT2D eigenvalue weighted by molar-refractivity contribution is 0.0597. The Kier molecular flexibility index (Phi) is 5.72. The Hall–Kier alpha value is -2.83. The van der Waals surface area contributed by atoms with Crippen molar-refractivity contribution in [3.63, 3.8) is 0 Å². The van der Waals surface area contributed by atoms with Crippen LogP contribution < -0.4 is 5.32 Å². The van der Waals surface area contributed by atoms with Crippen LogP contribution in [0.1, 0.15) is 41.4 Å². The lowest BCUT2D eigenvalue weighted by atomic mass is 9.94. The van der Waals surface area contributed by atoms with Crippen molar-refractivity contribution >= 4 is 16.9 Å². The van der Waals surface area contributed by atoms with E-state index in [4.69, 9.17) is 0 Å². The zero-order chi connectivity index (χ0) is 20.3. The first-order valence-electron chi connectivity index (χ1n) is 9.20. The van der Waals surface area contributed by atoms with Crippen LogP contribution in [0.15, 0.2) is 48.7 Å². The van der Waals surface area contributed by atoms with Gasteiger partial charge in [-0.25, -0.2) is 4.79 Å². The van der Waals surface area contributed by atoms with E-state index in [1.54, 1.807) is 6.07 Å². The number of aromatic hydroxyl groups is 1. The molecule has 2 aromatic carbocycles. The lowest BCUT2D eigenvalue weighted by Crippen LogP contribution is -2.43. The quantitative estimate of drug-likeness (QED) is 0.470. The molecule has 0 aliphatic rings. The van der Waals surface area contributed by atoms with Crippen LogP contribution in [0.25, 0.3) is 10.9 Å². The van der Waals surface area contributed by atoms with Crippen molar-refractivity contribution in [1.29, 1.82) is 0 Å². The number of carbonyl (C=O) groups excluding carboxylic acids is 1. The molecule has 6 heteroatoms. The summed E-state index contributed by atoms with van der Waals surface area (Å²) in [6.45, 7) is 4.47. The molecule has 4 N–H and O–H groups in total. The number of aromatic nitrogens is 1. The van der Waals surface area contributed by atoms with Gasteiger partial charge in [0.2, 0.25) is 0 Å². The van der Waals surface area contributed by atoms with Crippen LogP contribution in [0, 0.1) is 0 Å². The van der Waals surface area contributed by atoms with E-state index < -0.39 is 12.1 Å². The molecular weight excluding hydrogens is 356 g/mol. The Morgan fingerprint density at radius 3 is 2.75 bits per heavy atom. The maximum atomic E-state index is 11.7. The molecule has 0 amide bonds. The van der Waals surface area contributed by atoms with Gasteiger partial charge < -0.3 is 25.3 Å². The third kappa shape index (κ3) is 4.35. The van der Waals surface area contributed by atoms with E-state index in [0.717, 1.165) is 11.9 Å². The summed E-state index contributed by atoms with van der Waals surface area (Å²) in [5.41, 5.74) is 2.63. The van der Waals surface area contributed by atoms with Crippen LogP contribution in [0.5, 0.6) is 5.75 Å². The zero-order valence-electron chi connectivity index (χ0n) is 16.3. The summed E-state index contributed by atoms with van der Waals surface area (Å²) in [5.74, 6) is -0.811. The summed E-state index contributed by atoms with van der Waals surface area (Å²) < 4.78 is 4.66. The Bertz CT molecular complexity index is 978. The van der Waals surface area contributed by atoms with Crippen molar-refractivity contribution < 1.29 is 19.7 Å². The zero-order valence-corrected chi connectivity index (χ0v) is 16.3. The number of aliphatic hydroxyl groups is 1. The molecule has 148 valence electrons. The van der Waals surface area contributed by atoms with Crippen molar-refractivity contribution in [1.82, 2.24) is 10.3 Å². The van der Waals surface area contributed by atoms with Gasteiger partial charge in [0.25, 0.3) is 0 Å². The van der Waals surface area contributed by atoms with Crippen molar-refractivity contribution in [2.45, 2.75) is 31.9 Å². The second-order valence-corrected chi connectivity index (χ2v) is 7.59. The van der Waals surface area contributed by atoms with Crippen LogP contribution in [0.3, 0.4) is 0 Å². The molecule has 0 fully saturated rings. The minimum atomic E-state index is -0.828. The molecule has 1 heterocycles. The average Bonchev–Trinajstić information content (AvgIpc) is 3.08. The van der Waals surface area contributed by atoms with Gasteiger partial charge in [-0.2, -0.15) is 0 Å². The highest BCUT2D eigenvalue weighted by Crippen LogP contribution is 2.25. The van der Waals surface area contributed by atoms with Crippen molar-refractivity contribution in [2.75, 3.05) is 13.7 Å². The fourth-order valence-corrected chi connectivity index (χ4v) is 3.34. The number of para-hydroxylation sites is 1. The molecule has 0 saturated heterocycles. The summed E-state index contributed by atoms with van der Waals surface area (Å²) in [4.78, 5) is 15.0. The monoisotopic (exact) mass is 382 g/mol. The number of esters is 1. The molecule has 0 radical (unpaired) electrons. The normalized spacial score (nSPS) is 12.9. The van der Waals surface area contributed by atoms with Crippen molar-refractivity contribution in [3.8, 4) is 5.75 Å². The molecule has 0 aliphatic carbocycles. The van der Waals surface area contributed by atoms with Crippen LogP contribution in [-0.4, -0.2) is 40.4 Å². The largest absolute Gasteiger partial charge is 0.507 e. The molecule has 0 bridgehead atoms. The number of β-amino-alcohol motifs (C(OH)–C–C–N with tert-alkyl or cyclic N) is 1. The number of phenolic OH excluding ortho intramolecular Hbond substituents is 1. The molecule has 1 unspecified atom stereocenters. The van der Waals surface area contributed by atoms with E-state index in [-0.39, 0.29) is 16.9 Å². The number of nitrogens with one attached hydrogen (secondary N) is 2. The smallest absolute Gasteiger partial charge is 0.341 e. The Balaban J connectivity index is 1.68. The maximum Gasteiger partial charge on any atom is 0.341 e. The van der Waals surface area contributed by atoms with E-state index in [1.807, 2.05) is 24.4 Å². The van der Waals surface area contributed by atoms with Crippen molar-refractivity contribution in [2.24, 2.45) is 0 Å². The highest BCUT2D eigenvalue weighted by Gasteiger charge is 2.22. The topological polar surface area (TPSA) is 94.6 Å². The first-order chi connectivity index (χ1) is 13.3. The van der Waals surface area contributed by atoms with E-state index in [1.165, 1.54) is 30.2 Å². The molecule has 0 saturated carbocycles. The van der Waals surface area contributed by atoms with Gasteiger partial charge in [0, 0.05) is 29.2 Å². The second-order valence-electron chi connectivity index (χ2n) is 7.59. The van der Waals surface area contributed by atoms with Gasteiger partial charge in [-0.05, 0) is 49.6 Å². The molecular formula is C22H26N2O4. The minimum absolute atomic E-state index is 0.0390. The average molecular weight is 382 g/mol. The SMILES string of the molecule is COC(=O)c1cc(C(O)CNC(C)(C)Cc2c[nH]c3ccccc23)ccc1O. The Morgan fingerprint density at radius 1 is 1.25 bits per heavy atom. The number of benzene rings is 2. The highest BCUT2D eigenvalue weighted by molar-refractivity contribution is 5.92. The molecule has 28 heavy (non-hydrogen) atoms. The molecule has 1 aromatic heterocycles. The fraction of sp³-hybridized carbons (Fsp3) is 0.318. The molecule has 0 spiro atoms. The van der Waals surface area contributed by atoms with Crippen LogP contribution >= 0.6 is 0 Å². The minimum Gasteiger partial charge on any atom is -0.507 e. The van der Waals surface area contributed by atoms with E-state index in [9.17, 15) is 15.0 Å². The number of ether oxygens (including phenoxy) is 1. The lowest BCUT2D eigenvalue weighted by Gasteiger charge is -2.28. The predicted molar refractivity (Wildman–Crippen MR) is 108 cm³/mol. The number of aliphatic hydroxyl groups excluding tert-OH is 1. The van der Waals surface area contributed by atoms with Gasteiger partial charge in [0.05, 0.1) is 13.2 Å². The summed E-state index contributed by atoms with van der Waals surface area (Å²) in [6.07, 6.45) is 1.98. The van der Waals surface area contributed by atoms with Crippen LogP contribution in [0.2, 0.25) is 0 Å². The molecule has 3 aromatic rings. The number of rotatable bonds is 7. The van der Waals surface area contributed by atoms with Crippen molar-refractivity contribution in [3.05, 3.63) is 65.4 Å². The first kappa shape index (κ1) is 19.9. The summed E-state index contributed by atoms with van der Waals surface area (Å²) in [7, 11) is 1.25. The predicted octanol–water partition coefficient (Wildman–Crippen LogP) is 3.30. The third-order valence-electron chi connectivity index (χ3n) is 4.89. The third-order valence-corrected chi connectivity index (χ3v) is 4.89.